The van der Waals surface area contributed by atoms with Gasteiger partial charge in [-0.25, -0.2) is 24.0 Å². The molecule has 0 spiro atoms. The molecule has 0 saturated carbocycles. The number of urea groups is 1. The molecular weight excluding hydrogens is 611 g/mol. The molecule has 0 heterocycles. The predicted molar refractivity (Wildman–Crippen MR) is 152 cm³/mol. The van der Waals surface area contributed by atoms with Crippen molar-refractivity contribution < 1.29 is 61.6 Å². The number of carbonyl (C=O) groups excluding carboxylic acids is 4. The van der Waals surface area contributed by atoms with Crippen molar-refractivity contribution in [3.63, 3.8) is 0 Å². The van der Waals surface area contributed by atoms with Crippen LogP contribution >= 0.6 is 0 Å². The van der Waals surface area contributed by atoms with E-state index in [2.05, 4.69) is 26.0 Å². The highest BCUT2D eigenvalue weighted by atomic mass is 19.4. The summed E-state index contributed by atoms with van der Waals surface area (Å²) < 4.78 is 41.5. The van der Waals surface area contributed by atoms with E-state index >= 15 is 0 Å². The Bertz CT molecular complexity index is 1090. The number of hydrogen-bond acceptors (Lipinski definition) is 9. The Hall–Kier alpha value is -4.61. The number of methoxy groups -OCH3 is 1. The van der Waals surface area contributed by atoms with E-state index in [1.54, 1.807) is 0 Å². The zero-order valence-corrected chi connectivity index (χ0v) is 24.9. The van der Waals surface area contributed by atoms with Gasteiger partial charge in [0.25, 0.3) is 0 Å². The number of carbonyl (C=O) groups is 6. The number of nitrogens with one attached hydrogen (secondary N) is 4. The Morgan fingerprint density at radius 2 is 1.44 bits per heavy atom. The molecule has 45 heavy (non-hydrogen) atoms. The second kappa shape index (κ2) is 22.0. The van der Waals surface area contributed by atoms with E-state index < -0.39 is 60.2 Å². The van der Waals surface area contributed by atoms with E-state index in [1.807, 2.05) is 30.3 Å². The van der Waals surface area contributed by atoms with Crippen LogP contribution in [-0.2, 0) is 35.3 Å². The Labute approximate surface area is 257 Å². The van der Waals surface area contributed by atoms with Crippen LogP contribution in [0.3, 0.4) is 0 Å². The van der Waals surface area contributed by atoms with Crippen molar-refractivity contribution in [2.24, 2.45) is 5.73 Å². The molecule has 1 aromatic rings. The minimum absolute atomic E-state index is 0.135. The van der Waals surface area contributed by atoms with Gasteiger partial charge in [0.05, 0.1) is 7.11 Å². The summed E-state index contributed by atoms with van der Waals surface area (Å²) in [7, 11) is 1.18. The Balaban J connectivity index is 0.00000246. The number of carboxylic acids is 2. The molecule has 15 nitrogen and oxygen atoms in total. The molecule has 0 saturated heterocycles. The maximum atomic E-state index is 12.8. The molecule has 4 amide bonds. The predicted octanol–water partition coefficient (Wildman–Crippen LogP) is 1.64. The van der Waals surface area contributed by atoms with Crippen LogP contribution in [0.4, 0.5) is 22.8 Å². The third-order valence-corrected chi connectivity index (χ3v) is 5.73. The van der Waals surface area contributed by atoms with E-state index in [4.69, 9.17) is 20.4 Å². The van der Waals surface area contributed by atoms with E-state index in [0.717, 1.165) is 5.56 Å². The van der Waals surface area contributed by atoms with Gasteiger partial charge in [-0.2, -0.15) is 13.2 Å². The Morgan fingerprint density at radius 3 is 1.98 bits per heavy atom. The number of benzene rings is 1. The number of alkyl carbamates (subject to hydrolysis) is 1. The van der Waals surface area contributed by atoms with Crippen molar-refractivity contribution in [2.75, 3.05) is 20.2 Å². The molecule has 0 aliphatic heterocycles. The second-order valence-corrected chi connectivity index (χ2v) is 9.39. The third kappa shape index (κ3) is 19.3. The Morgan fingerprint density at radius 1 is 0.889 bits per heavy atom. The zero-order valence-electron chi connectivity index (χ0n) is 24.9. The molecule has 3 atom stereocenters. The average Bonchev–Trinajstić information content (AvgIpc) is 2.98. The molecule has 0 aliphatic carbocycles. The lowest BCUT2D eigenvalue weighted by Gasteiger charge is -2.22. The average molecular weight is 652 g/mol. The van der Waals surface area contributed by atoms with Crippen LogP contribution in [-0.4, -0.2) is 90.7 Å². The molecule has 0 radical (unpaired) electrons. The first-order chi connectivity index (χ1) is 21.1. The highest BCUT2D eigenvalue weighted by Gasteiger charge is 2.38. The van der Waals surface area contributed by atoms with Gasteiger partial charge in [-0.05, 0) is 57.6 Å². The summed E-state index contributed by atoms with van der Waals surface area (Å²) in [5.74, 6) is -5.26. The van der Waals surface area contributed by atoms with Crippen LogP contribution < -0.4 is 27.0 Å². The number of rotatable bonds is 17. The van der Waals surface area contributed by atoms with Crippen LogP contribution in [0, 0.1) is 0 Å². The zero-order chi connectivity index (χ0) is 34.4. The van der Waals surface area contributed by atoms with Crippen LogP contribution in [0.25, 0.3) is 0 Å². The SMILES string of the molecule is COC(=O)[C@@H](C)NC(=O)[C@@H](CCCCNC(=O)OCc1ccccc1)NC(=O)N[C@@H](CCCCN)C(=O)O.O=C(O)C(F)(F)F. The normalized spacial score (nSPS) is 12.6. The lowest BCUT2D eigenvalue weighted by Crippen LogP contribution is -2.55. The standard InChI is InChI=1S/C25H39N5O8.C2HF3O2/c1-17(23(34)37-2)28-21(31)19(29-24(35)30-20(22(32)33)13-6-8-14-26)12-7-9-15-27-25(36)38-16-18-10-4-3-5-11-18;3-2(4,5)1(6)7/h3-5,10-11,17,19-20H,6-9,12-16,26H2,1-2H3,(H,27,36)(H,28,31)(H,32,33)(H2,29,30,35);(H,6,7)/t17-,19-,20+;/m1./s1. The van der Waals surface area contributed by atoms with Gasteiger partial charge >= 0.3 is 36.2 Å². The van der Waals surface area contributed by atoms with Crippen molar-refractivity contribution in [1.82, 2.24) is 21.3 Å². The first-order valence-electron chi connectivity index (χ1n) is 13.7. The van der Waals surface area contributed by atoms with Crippen LogP contribution in [0.1, 0.15) is 51.0 Å². The Kier molecular flexibility index (Phi) is 19.7. The molecule has 1 rings (SSSR count). The molecule has 0 aromatic heterocycles. The summed E-state index contributed by atoms with van der Waals surface area (Å²) in [6, 6.07) is 5.21. The van der Waals surface area contributed by atoms with Gasteiger partial charge in [0, 0.05) is 6.54 Å². The molecule has 0 bridgehead atoms. The minimum atomic E-state index is -5.08. The summed E-state index contributed by atoms with van der Waals surface area (Å²) in [6.07, 6.45) is -3.31. The highest BCUT2D eigenvalue weighted by Crippen LogP contribution is 2.13. The molecule has 18 heteroatoms. The largest absolute Gasteiger partial charge is 0.490 e. The fraction of sp³-hybridized carbons (Fsp3) is 0.556. The van der Waals surface area contributed by atoms with Gasteiger partial charge in [-0.1, -0.05) is 30.3 Å². The van der Waals surface area contributed by atoms with E-state index in [-0.39, 0.29) is 26.0 Å². The molecule has 0 aliphatic rings. The van der Waals surface area contributed by atoms with Crippen LogP contribution in [0.5, 0.6) is 0 Å². The van der Waals surface area contributed by atoms with Crippen molar-refractivity contribution in [1.29, 1.82) is 0 Å². The molecule has 1 aromatic carbocycles. The number of aliphatic carboxylic acids is 2. The smallest absolute Gasteiger partial charge is 0.480 e. The van der Waals surface area contributed by atoms with Gasteiger partial charge in [0.1, 0.15) is 24.7 Å². The molecule has 8 N–H and O–H groups in total. The number of carboxylic acid groups (broad SMARTS) is 2. The summed E-state index contributed by atoms with van der Waals surface area (Å²) in [5.41, 5.74) is 6.28. The third-order valence-electron chi connectivity index (χ3n) is 5.73. The topological polar surface area (TPSA) is 235 Å². The summed E-state index contributed by atoms with van der Waals surface area (Å²) >= 11 is 0. The van der Waals surface area contributed by atoms with E-state index in [1.165, 1.54) is 14.0 Å². The summed E-state index contributed by atoms with van der Waals surface area (Å²) in [4.78, 5) is 69.2. The monoisotopic (exact) mass is 651 g/mol. The number of ether oxygens (including phenoxy) is 2. The highest BCUT2D eigenvalue weighted by molar-refractivity contribution is 5.91. The lowest BCUT2D eigenvalue weighted by atomic mass is 10.1. The molecule has 0 unspecified atom stereocenters. The molecular formula is C27H40F3N5O10. The van der Waals surface area contributed by atoms with Gasteiger partial charge in [0.2, 0.25) is 5.91 Å². The van der Waals surface area contributed by atoms with Gasteiger partial charge in [0.15, 0.2) is 0 Å². The fourth-order valence-electron chi connectivity index (χ4n) is 3.36. The lowest BCUT2D eigenvalue weighted by molar-refractivity contribution is -0.192. The number of halogens is 3. The summed E-state index contributed by atoms with van der Waals surface area (Å²) in [6.45, 7) is 2.24. The molecule has 0 fully saturated rings. The van der Waals surface area contributed by atoms with Crippen LogP contribution in [0.2, 0.25) is 0 Å². The van der Waals surface area contributed by atoms with Gasteiger partial charge in [-0.15, -0.1) is 0 Å². The first-order valence-corrected chi connectivity index (χ1v) is 13.7. The number of hydrogen-bond donors (Lipinski definition) is 7. The number of esters is 1. The molecule has 254 valence electrons. The number of unbranched alkanes of at least 4 members (excludes halogenated alkanes) is 2. The quantitative estimate of drug-likeness (QED) is 0.0944. The second-order valence-electron chi connectivity index (χ2n) is 9.39. The maximum Gasteiger partial charge on any atom is 0.490 e. The van der Waals surface area contributed by atoms with Crippen molar-refractivity contribution in [3.8, 4) is 0 Å². The van der Waals surface area contributed by atoms with Gasteiger partial charge in [-0.3, -0.25) is 4.79 Å². The van der Waals surface area contributed by atoms with E-state index in [9.17, 15) is 42.3 Å². The van der Waals surface area contributed by atoms with Crippen LogP contribution in [0.15, 0.2) is 30.3 Å². The van der Waals surface area contributed by atoms with E-state index in [0.29, 0.717) is 32.2 Å². The minimum Gasteiger partial charge on any atom is -0.480 e. The van der Waals surface area contributed by atoms with Crippen molar-refractivity contribution in [2.45, 2.75) is 76.4 Å². The fourth-order valence-corrected chi connectivity index (χ4v) is 3.36. The van der Waals surface area contributed by atoms with Gasteiger partial charge < -0.3 is 46.7 Å². The van der Waals surface area contributed by atoms with Crippen molar-refractivity contribution >= 4 is 35.9 Å². The maximum absolute atomic E-state index is 12.8. The summed E-state index contributed by atoms with van der Waals surface area (Å²) in [5, 5.41) is 26.4. The first kappa shape index (κ1) is 40.4. The van der Waals surface area contributed by atoms with Crippen molar-refractivity contribution in [3.05, 3.63) is 35.9 Å². The number of alkyl halides is 3. The number of nitrogens with two attached hydrogens (primary N) is 1. The number of amides is 4.